The lowest BCUT2D eigenvalue weighted by Crippen LogP contribution is -2.40. The number of carbonyl (C=O) groups excluding carboxylic acids is 2. The van der Waals surface area contributed by atoms with Crippen molar-refractivity contribution in [1.82, 2.24) is 5.32 Å². The van der Waals surface area contributed by atoms with Crippen LogP contribution in [0.15, 0.2) is 42.5 Å². The normalized spacial score (nSPS) is 11.0. The van der Waals surface area contributed by atoms with E-state index < -0.39 is 0 Å². The van der Waals surface area contributed by atoms with Crippen molar-refractivity contribution in [2.45, 2.75) is 33.2 Å². The van der Waals surface area contributed by atoms with Crippen molar-refractivity contribution in [3.8, 4) is 0 Å². The van der Waals surface area contributed by atoms with Crippen LogP contribution in [0.3, 0.4) is 0 Å². The largest absolute Gasteiger partial charge is 0.399 e. The molecular formula is C19H23N3O2. The first-order chi connectivity index (χ1) is 11.2. The highest BCUT2D eigenvalue weighted by Gasteiger charge is 2.15. The minimum absolute atomic E-state index is 0.146. The molecule has 2 aromatic carbocycles. The minimum atomic E-state index is -0.297. The van der Waals surface area contributed by atoms with Gasteiger partial charge in [-0.2, -0.15) is 0 Å². The van der Waals surface area contributed by atoms with Gasteiger partial charge in [0.1, 0.15) is 0 Å². The standard InChI is InChI=1S/C19H23N3O2/c1-12-5-8-14(20)11-16(12)18(24)21-15-9-6-13(7-10-15)17(23)22-19(2,3)4/h5-11H,20H2,1-4H3,(H,21,24)(H,22,23). The number of hydrogen-bond acceptors (Lipinski definition) is 3. The van der Waals surface area contributed by atoms with Crippen molar-refractivity contribution in [2.75, 3.05) is 11.1 Å². The van der Waals surface area contributed by atoms with Gasteiger partial charge in [-0.05, 0) is 69.7 Å². The first kappa shape index (κ1) is 17.5. The van der Waals surface area contributed by atoms with E-state index in [2.05, 4.69) is 10.6 Å². The molecule has 0 heterocycles. The summed E-state index contributed by atoms with van der Waals surface area (Å²) in [4.78, 5) is 24.4. The fraction of sp³-hybridized carbons (Fsp3) is 0.263. The molecule has 2 aromatic rings. The number of benzene rings is 2. The molecule has 5 nitrogen and oxygen atoms in total. The van der Waals surface area contributed by atoms with Gasteiger partial charge in [0.15, 0.2) is 0 Å². The van der Waals surface area contributed by atoms with Gasteiger partial charge < -0.3 is 16.4 Å². The molecule has 0 radical (unpaired) electrons. The van der Waals surface area contributed by atoms with Crippen molar-refractivity contribution in [1.29, 1.82) is 0 Å². The number of nitrogens with one attached hydrogen (secondary N) is 2. The molecule has 0 spiro atoms. The Labute approximate surface area is 142 Å². The second-order valence-electron chi connectivity index (χ2n) is 6.81. The molecule has 0 aliphatic carbocycles. The van der Waals surface area contributed by atoms with Crippen LogP contribution in [0.4, 0.5) is 11.4 Å². The van der Waals surface area contributed by atoms with Gasteiger partial charge in [0, 0.05) is 28.0 Å². The van der Waals surface area contributed by atoms with Crippen LogP contribution in [0.1, 0.15) is 47.1 Å². The molecule has 2 amide bonds. The zero-order valence-corrected chi connectivity index (χ0v) is 14.4. The fourth-order valence-corrected chi connectivity index (χ4v) is 2.20. The fourth-order valence-electron chi connectivity index (χ4n) is 2.20. The van der Waals surface area contributed by atoms with E-state index in [0.29, 0.717) is 22.5 Å². The zero-order chi connectivity index (χ0) is 17.9. The second kappa shape index (κ2) is 6.74. The average Bonchev–Trinajstić information content (AvgIpc) is 2.48. The van der Waals surface area contributed by atoms with Gasteiger partial charge in [0.2, 0.25) is 0 Å². The number of rotatable bonds is 3. The summed E-state index contributed by atoms with van der Waals surface area (Å²) in [6.45, 7) is 7.63. The quantitative estimate of drug-likeness (QED) is 0.757. The predicted molar refractivity (Wildman–Crippen MR) is 97.2 cm³/mol. The predicted octanol–water partition coefficient (Wildman–Crippen LogP) is 3.36. The molecule has 0 aliphatic rings. The molecule has 2 rings (SSSR count). The molecule has 0 saturated carbocycles. The van der Waals surface area contributed by atoms with Gasteiger partial charge in [-0.3, -0.25) is 9.59 Å². The summed E-state index contributed by atoms with van der Waals surface area (Å²) in [7, 11) is 0. The lowest BCUT2D eigenvalue weighted by Gasteiger charge is -2.20. The average molecular weight is 325 g/mol. The maximum absolute atomic E-state index is 12.3. The van der Waals surface area contributed by atoms with E-state index in [-0.39, 0.29) is 17.4 Å². The molecule has 0 saturated heterocycles. The lowest BCUT2D eigenvalue weighted by atomic mass is 10.1. The third kappa shape index (κ3) is 4.59. The first-order valence-electron chi connectivity index (χ1n) is 7.76. The van der Waals surface area contributed by atoms with E-state index in [4.69, 9.17) is 5.73 Å². The number of nitrogens with two attached hydrogens (primary N) is 1. The summed E-state index contributed by atoms with van der Waals surface area (Å²) in [5, 5.41) is 5.71. The second-order valence-corrected chi connectivity index (χ2v) is 6.81. The molecule has 24 heavy (non-hydrogen) atoms. The summed E-state index contributed by atoms with van der Waals surface area (Å²) in [6, 6.07) is 12.0. The molecule has 0 unspecified atom stereocenters. The Morgan fingerprint density at radius 2 is 1.58 bits per heavy atom. The number of hydrogen-bond donors (Lipinski definition) is 3. The van der Waals surface area contributed by atoms with Gasteiger partial charge >= 0.3 is 0 Å². The molecule has 0 aliphatic heterocycles. The number of aryl methyl sites for hydroxylation is 1. The van der Waals surface area contributed by atoms with E-state index in [9.17, 15) is 9.59 Å². The van der Waals surface area contributed by atoms with Crippen LogP contribution in [0, 0.1) is 6.92 Å². The van der Waals surface area contributed by atoms with Crippen molar-refractivity contribution in [3.05, 3.63) is 59.2 Å². The molecule has 5 heteroatoms. The van der Waals surface area contributed by atoms with Crippen LogP contribution < -0.4 is 16.4 Å². The molecule has 126 valence electrons. The van der Waals surface area contributed by atoms with Crippen LogP contribution in [-0.4, -0.2) is 17.4 Å². The van der Waals surface area contributed by atoms with E-state index in [1.165, 1.54) is 0 Å². The van der Waals surface area contributed by atoms with E-state index in [0.717, 1.165) is 5.56 Å². The monoisotopic (exact) mass is 325 g/mol. The summed E-state index contributed by atoms with van der Waals surface area (Å²) < 4.78 is 0. The SMILES string of the molecule is Cc1ccc(N)cc1C(=O)Nc1ccc(C(=O)NC(C)(C)C)cc1. The van der Waals surface area contributed by atoms with Crippen molar-refractivity contribution < 1.29 is 9.59 Å². The van der Waals surface area contributed by atoms with Crippen LogP contribution in [0.5, 0.6) is 0 Å². The minimum Gasteiger partial charge on any atom is -0.399 e. The number of nitrogen functional groups attached to an aromatic ring is 1. The van der Waals surface area contributed by atoms with Crippen LogP contribution in [0.2, 0.25) is 0 Å². The summed E-state index contributed by atoms with van der Waals surface area (Å²) in [5.74, 6) is -0.376. The third-order valence-corrected chi connectivity index (χ3v) is 3.40. The molecule has 4 N–H and O–H groups in total. The van der Waals surface area contributed by atoms with Crippen molar-refractivity contribution >= 4 is 23.2 Å². The van der Waals surface area contributed by atoms with Crippen LogP contribution in [-0.2, 0) is 0 Å². The summed E-state index contributed by atoms with van der Waals surface area (Å²) >= 11 is 0. The Hall–Kier alpha value is -2.82. The Balaban J connectivity index is 2.10. The Bertz CT molecular complexity index is 759. The molecule has 0 aromatic heterocycles. The summed E-state index contributed by atoms with van der Waals surface area (Å²) in [5.41, 5.74) is 8.53. The third-order valence-electron chi connectivity index (χ3n) is 3.40. The van der Waals surface area contributed by atoms with E-state index in [1.807, 2.05) is 33.8 Å². The molecule has 0 bridgehead atoms. The van der Waals surface area contributed by atoms with Gasteiger partial charge in [-0.15, -0.1) is 0 Å². The molecule has 0 atom stereocenters. The maximum Gasteiger partial charge on any atom is 0.256 e. The van der Waals surface area contributed by atoms with Crippen LogP contribution >= 0.6 is 0 Å². The van der Waals surface area contributed by atoms with Crippen molar-refractivity contribution in [3.63, 3.8) is 0 Å². The molecular weight excluding hydrogens is 302 g/mol. The van der Waals surface area contributed by atoms with Gasteiger partial charge in [0.25, 0.3) is 11.8 Å². The van der Waals surface area contributed by atoms with Crippen LogP contribution in [0.25, 0.3) is 0 Å². The topological polar surface area (TPSA) is 84.2 Å². The first-order valence-corrected chi connectivity index (χ1v) is 7.76. The van der Waals surface area contributed by atoms with E-state index >= 15 is 0 Å². The maximum atomic E-state index is 12.3. The lowest BCUT2D eigenvalue weighted by molar-refractivity contribution is 0.0919. The number of carbonyl (C=O) groups is 2. The van der Waals surface area contributed by atoms with Gasteiger partial charge in [-0.1, -0.05) is 6.07 Å². The Morgan fingerprint density at radius 1 is 0.958 bits per heavy atom. The number of anilines is 2. The number of amides is 2. The molecule has 0 fully saturated rings. The van der Waals surface area contributed by atoms with E-state index in [1.54, 1.807) is 36.4 Å². The van der Waals surface area contributed by atoms with Gasteiger partial charge in [-0.25, -0.2) is 0 Å². The summed E-state index contributed by atoms with van der Waals surface area (Å²) in [6.07, 6.45) is 0. The highest BCUT2D eigenvalue weighted by atomic mass is 16.2. The van der Waals surface area contributed by atoms with Gasteiger partial charge in [0.05, 0.1) is 0 Å². The zero-order valence-electron chi connectivity index (χ0n) is 14.4. The Kier molecular flexibility index (Phi) is 4.93. The highest BCUT2D eigenvalue weighted by molar-refractivity contribution is 6.06. The highest BCUT2D eigenvalue weighted by Crippen LogP contribution is 2.16. The Morgan fingerprint density at radius 3 is 2.17 bits per heavy atom. The van der Waals surface area contributed by atoms with Crippen molar-refractivity contribution in [2.24, 2.45) is 0 Å². The smallest absolute Gasteiger partial charge is 0.256 e.